The number of carboxylic acids is 1. The number of hydrogen-bond acceptors (Lipinski definition) is 7. The van der Waals surface area contributed by atoms with E-state index >= 15 is 0 Å². The van der Waals surface area contributed by atoms with Crippen molar-refractivity contribution in [3.05, 3.63) is 69.5 Å². The lowest BCUT2D eigenvalue weighted by molar-refractivity contribution is 0.0506. The fraction of sp³-hybridized carbons (Fsp3) is 0.414. The highest BCUT2D eigenvalue weighted by Gasteiger charge is 2.39. The predicted molar refractivity (Wildman–Crippen MR) is 153 cm³/mol. The minimum absolute atomic E-state index is 0.0228. The van der Waals surface area contributed by atoms with Gasteiger partial charge in [-0.15, -0.1) is 0 Å². The molecule has 0 unspecified atom stereocenters. The zero-order valence-electron chi connectivity index (χ0n) is 23.8. The second kappa shape index (κ2) is 10.6. The van der Waals surface area contributed by atoms with E-state index in [1.54, 1.807) is 30.9 Å². The van der Waals surface area contributed by atoms with Crippen molar-refractivity contribution in [2.45, 2.75) is 59.4 Å². The molecule has 0 aliphatic carbocycles. The smallest absolute Gasteiger partial charge is 0.337 e. The Hall–Kier alpha value is -3.79. The van der Waals surface area contributed by atoms with Gasteiger partial charge in [-0.1, -0.05) is 32.4 Å². The van der Waals surface area contributed by atoms with Crippen LogP contribution in [0.15, 0.2) is 30.5 Å². The number of nitrogens with zero attached hydrogens (tertiary/aromatic N) is 5. The molecule has 3 heterocycles. The van der Waals surface area contributed by atoms with Crippen LogP contribution >= 0.6 is 11.6 Å². The number of benzene rings is 1. The number of hydrogen-bond donors (Lipinski definition) is 2. The summed E-state index contributed by atoms with van der Waals surface area (Å²) in [5, 5.41) is 12.6. The fourth-order valence-electron chi connectivity index (χ4n) is 4.98. The summed E-state index contributed by atoms with van der Waals surface area (Å²) >= 11 is 5.81. The Balaban J connectivity index is 1.59. The summed E-state index contributed by atoms with van der Waals surface area (Å²) in [6, 6.07) is 6.17. The van der Waals surface area contributed by atoms with Crippen molar-refractivity contribution in [1.82, 2.24) is 19.9 Å². The lowest BCUT2D eigenvalue weighted by Crippen LogP contribution is -2.61. The summed E-state index contributed by atoms with van der Waals surface area (Å²) in [6.07, 6.45) is 1.44. The molecule has 1 aromatic carbocycles. The van der Waals surface area contributed by atoms with Gasteiger partial charge < -0.3 is 20.2 Å². The van der Waals surface area contributed by atoms with E-state index in [0.29, 0.717) is 53.9 Å². The van der Waals surface area contributed by atoms with Gasteiger partial charge in [0, 0.05) is 30.7 Å². The lowest BCUT2D eigenvalue weighted by Gasteiger charge is -2.47. The van der Waals surface area contributed by atoms with E-state index in [4.69, 9.17) is 16.6 Å². The molecule has 1 saturated heterocycles. The number of aryl methyl sites for hydroxylation is 2. The first-order chi connectivity index (χ1) is 18.6. The molecule has 1 amide bonds. The zero-order valence-corrected chi connectivity index (χ0v) is 24.5. The molecule has 40 heavy (non-hydrogen) atoms. The van der Waals surface area contributed by atoms with Gasteiger partial charge in [-0.3, -0.25) is 4.79 Å². The van der Waals surface area contributed by atoms with E-state index in [9.17, 15) is 19.1 Å². The first-order valence-electron chi connectivity index (χ1n) is 13.0. The highest BCUT2D eigenvalue weighted by Crippen LogP contribution is 2.32. The quantitative estimate of drug-likeness (QED) is 0.399. The van der Waals surface area contributed by atoms with Crippen LogP contribution in [0.2, 0.25) is 5.02 Å². The number of halogens is 2. The van der Waals surface area contributed by atoms with E-state index in [-0.39, 0.29) is 22.2 Å². The molecular weight excluding hydrogens is 535 g/mol. The van der Waals surface area contributed by atoms with Crippen LogP contribution in [0.25, 0.3) is 0 Å². The number of pyridine rings is 1. The van der Waals surface area contributed by atoms with Crippen LogP contribution in [0.4, 0.5) is 21.7 Å². The van der Waals surface area contributed by atoms with Crippen LogP contribution in [0.5, 0.6) is 0 Å². The molecular formula is C29H34ClFN6O3. The van der Waals surface area contributed by atoms with Crippen LogP contribution in [-0.2, 0) is 5.41 Å². The molecule has 1 aliphatic heterocycles. The molecule has 3 aromatic rings. The Labute approximate surface area is 238 Å². The SMILES string of the molecule is Cc1cc(N2CCN(C(=O)c3cnc(Nc4ccc(Cl)c(F)c4)c(C(C)(C)C)n3)C(C)(C)C2)nc(C)c1C(=O)O. The van der Waals surface area contributed by atoms with Gasteiger partial charge in [0.1, 0.15) is 17.3 Å². The molecule has 11 heteroatoms. The predicted octanol–water partition coefficient (Wildman–Crippen LogP) is 5.76. The highest BCUT2D eigenvalue weighted by atomic mass is 35.5. The molecule has 1 aliphatic rings. The third-order valence-corrected chi connectivity index (χ3v) is 7.26. The molecule has 0 radical (unpaired) electrons. The first-order valence-corrected chi connectivity index (χ1v) is 13.3. The Morgan fingerprint density at radius 2 is 1.82 bits per heavy atom. The van der Waals surface area contributed by atoms with E-state index in [2.05, 4.69) is 20.2 Å². The molecule has 2 aromatic heterocycles. The largest absolute Gasteiger partial charge is 0.478 e. The standard InChI is InChI=1S/C29H34ClFN6O3/c1-16-12-22(33-17(2)23(16)27(39)40)36-10-11-37(29(6,7)15-36)26(38)21-14-32-25(24(35-21)28(3,4)5)34-18-8-9-19(30)20(31)13-18/h8-9,12-14H,10-11,15H2,1-7H3,(H,32,34)(H,39,40). The van der Waals surface area contributed by atoms with Crippen molar-refractivity contribution in [2.24, 2.45) is 0 Å². The number of nitrogens with one attached hydrogen (secondary N) is 1. The normalized spacial score (nSPS) is 15.2. The Kier molecular flexibility index (Phi) is 7.77. The number of anilines is 3. The topological polar surface area (TPSA) is 112 Å². The summed E-state index contributed by atoms with van der Waals surface area (Å²) in [6.45, 7) is 14.8. The van der Waals surface area contributed by atoms with E-state index in [1.165, 1.54) is 18.3 Å². The van der Waals surface area contributed by atoms with Crippen molar-refractivity contribution in [2.75, 3.05) is 29.9 Å². The van der Waals surface area contributed by atoms with Crippen LogP contribution < -0.4 is 10.2 Å². The number of aromatic nitrogens is 3. The fourth-order valence-corrected chi connectivity index (χ4v) is 5.10. The van der Waals surface area contributed by atoms with Crippen molar-refractivity contribution >= 4 is 40.8 Å². The lowest BCUT2D eigenvalue weighted by atomic mass is 9.91. The van der Waals surface area contributed by atoms with Gasteiger partial charge in [0.05, 0.1) is 33.7 Å². The minimum atomic E-state index is -0.998. The van der Waals surface area contributed by atoms with Crippen molar-refractivity contribution < 1.29 is 19.1 Å². The van der Waals surface area contributed by atoms with Crippen molar-refractivity contribution in [3.8, 4) is 0 Å². The van der Waals surface area contributed by atoms with Gasteiger partial charge in [0.25, 0.3) is 5.91 Å². The Morgan fingerprint density at radius 1 is 1.12 bits per heavy atom. The van der Waals surface area contributed by atoms with Crippen LogP contribution in [0.1, 0.15) is 72.4 Å². The summed E-state index contributed by atoms with van der Waals surface area (Å²) in [7, 11) is 0. The van der Waals surface area contributed by atoms with E-state index in [1.807, 2.05) is 34.6 Å². The number of aromatic carboxylic acids is 1. The Morgan fingerprint density at radius 3 is 2.40 bits per heavy atom. The summed E-state index contributed by atoms with van der Waals surface area (Å²) in [4.78, 5) is 43.0. The number of carbonyl (C=O) groups excluding carboxylic acids is 1. The van der Waals surface area contributed by atoms with E-state index in [0.717, 1.165) is 0 Å². The maximum absolute atomic E-state index is 14.0. The monoisotopic (exact) mass is 568 g/mol. The van der Waals surface area contributed by atoms with Gasteiger partial charge in [-0.05, 0) is 57.5 Å². The number of amides is 1. The number of carbonyl (C=O) groups is 2. The molecule has 1 fully saturated rings. The molecule has 212 valence electrons. The van der Waals surface area contributed by atoms with E-state index < -0.39 is 22.7 Å². The van der Waals surface area contributed by atoms with Crippen LogP contribution in [-0.4, -0.2) is 62.0 Å². The number of carboxylic acid groups (broad SMARTS) is 1. The second-order valence-electron chi connectivity index (χ2n) is 11.7. The van der Waals surface area contributed by atoms with Gasteiger partial charge in [-0.2, -0.15) is 0 Å². The average Bonchev–Trinajstić information content (AvgIpc) is 2.84. The third kappa shape index (κ3) is 5.86. The molecule has 0 bridgehead atoms. The zero-order chi connectivity index (χ0) is 29.6. The van der Waals surface area contributed by atoms with Gasteiger partial charge in [0.2, 0.25) is 0 Å². The third-order valence-electron chi connectivity index (χ3n) is 6.95. The van der Waals surface area contributed by atoms with Crippen molar-refractivity contribution in [3.63, 3.8) is 0 Å². The molecule has 0 atom stereocenters. The first kappa shape index (κ1) is 29.2. The van der Waals surface area contributed by atoms with Gasteiger partial charge in [0.15, 0.2) is 5.82 Å². The molecule has 4 rings (SSSR count). The molecule has 0 saturated carbocycles. The molecule has 9 nitrogen and oxygen atoms in total. The van der Waals surface area contributed by atoms with Crippen molar-refractivity contribution in [1.29, 1.82) is 0 Å². The second-order valence-corrected chi connectivity index (χ2v) is 12.1. The highest BCUT2D eigenvalue weighted by molar-refractivity contribution is 6.30. The number of rotatable bonds is 5. The number of piperazine rings is 1. The van der Waals surface area contributed by atoms with Crippen LogP contribution in [0, 0.1) is 19.7 Å². The summed E-state index contributed by atoms with van der Waals surface area (Å²) in [5.41, 5.74) is 1.52. The van der Waals surface area contributed by atoms with Gasteiger partial charge in [-0.25, -0.2) is 24.1 Å². The average molecular weight is 569 g/mol. The van der Waals surface area contributed by atoms with Crippen LogP contribution in [0.3, 0.4) is 0 Å². The maximum Gasteiger partial charge on any atom is 0.337 e. The Bertz CT molecular complexity index is 1460. The molecule has 2 N–H and O–H groups in total. The minimum Gasteiger partial charge on any atom is -0.478 e. The van der Waals surface area contributed by atoms with Gasteiger partial charge >= 0.3 is 5.97 Å². The summed E-state index contributed by atoms with van der Waals surface area (Å²) < 4.78 is 14.0. The maximum atomic E-state index is 14.0. The molecule has 0 spiro atoms. The summed E-state index contributed by atoms with van der Waals surface area (Å²) in [5.74, 6) is -0.681.